The van der Waals surface area contributed by atoms with Crippen molar-refractivity contribution >= 4 is 11.8 Å². The Labute approximate surface area is 136 Å². The standard InChI is InChI=1S/C17H24N4O2/c1-12(2)9-21-11-14(7-16(21)22)17(23)20-6-3-13(10-20)15-8-18-4-5-19-15/h4-5,8,12-14H,3,6-7,9-11H2,1-2H3. The number of hydrogen-bond donors (Lipinski definition) is 0. The number of amides is 2. The topological polar surface area (TPSA) is 66.4 Å². The van der Waals surface area contributed by atoms with Gasteiger partial charge in [0.1, 0.15) is 0 Å². The molecule has 0 saturated carbocycles. The summed E-state index contributed by atoms with van der Waals surface area (Å²) < 4.78 is 0. The van der Waals surface area contributed by atoms with Crippen molar-refractivity contribution in [2.75, 3.05) is 26.2 Å². The van der Waals surface area contributed by atoms with Gasteiger partial charge >= 0.3 is 0 Å². The van der Waals surface area contributed by atoms with Crippen molar-refractivity contribution < 1.29 is 9.59 Å². The molecule has 0 bridgehead atoms. The third-order valence-corrected chi connectivity index (χ3v) is 4.65. The SMILES string of the molecule is CC(C)CN1CC(C(=O)N2CCC(c3cnccn3)C2)CC1=O. The van der Waals surface area contributed by atoms with E-state index in [1.54, 1.807) is 18.6 Å². The van der Waals surface area contributed by atoms with Crippen molar-refractivity contribution in [2.45, 2.75) is 32.6 Å². The summed E-state index contributed by atoms with van der Waals surface area (Å²) in [7, 11) is 0. The van der Waals surface area contributed by atoms with Crippen molar-refractivity contribution in [1.29, 1.82) is 0 Å². The molecule has 0 aromatic carbocycles. The lowest BCUT2D eigenvalue weighted by molar-refractivity contribution is -0.134. The largest absolute Gasteiger partial charge is 0.342 e. The molecule has 23 heavy (non-hydrogen) atoms. The predicted molar refractivity (Wildman–Crippen MR) is 85.5 cm³/mol. The van der Waals surface area contributed by atoms with E-state index in [4.69, 9.17) is 0 Å². The molecule has 1 aromatic heterocycles. The summed E-state index contributed by atoms with van der Waals surface area (Å²) in [6.07, 6.45) is 6.41. The van der Waals surface area contributed by atoms with Gasteiger partial charge < -0.3 is 9.80 Å². The first-order valence-electron chi connectivity index (χ1n) is 8.37. The van der Waals surface area contributed by atoms with Crippen molar-refractivity contribution in [1.82, 2.24) is 19.8 Å². The summed E-state index contributed by atoms with van der Waals surface area (Å²) in [6.45, 7) is 6.93. The maximum Gasteiger partial charge on any atom is 0.228 e. The van der Waals surface area contributed by atoms with Crippen LogP contribution in [0.4, 0.5) is 0 Å². The zero-order valence-electron chi connectivity index (χ0n) is 13.8. The molecular formula is C17H24N4O2. The van der Waals surface area contributed by atoms with Crippen molar-refractivity contribution in [3.05, 3.63) is 24.3 Å². The number of carbonyl (C=O) groups excluding carboxylic acids is 2. The third-order valence-electron chi connectivity index (χ3n) is 4.65. The lowest BCUT2D eigenvalue weighted by atomic mass is 10.1. The zero-order valence-corrected chi connectivity index (χ0v) is 13.8. The molecule has 3 rings (SSSR count). The number of carbonyl (C=O) groups is 2. The molecule has 2 amide bonds. The van der Waals surface area contributed by atoms with Gasteiger partial charge in [0, 0.05) is 57.1 Å². The van der Waals surface area contributed by atoms with Gasteiger partial charge in [0.2, 0.25) is 11.8 Å². The van der Waals surface area contributed by atoms with E-state index in [0.29, 0.717) is 25.4 Å². The predicted octanol–water partition coefficient (Wildman–Crippen LogP) is 1.30. The van der Waals surface area contributed by atoms with Crippen molar-refractivity contribution in [3.8, 4) is 0 Å². The van der Waals surface area contributed by atoms with Crippen LogP contribution in [0.25, 0.3) is 0 Å². The van der Waals surface area contributed by atoms with Crippen LogP contribution < -0.4 is 0 Å². The molecule has 2 atom stereocenters. The maximum atomic E-state index is 12.7. The van der Waals surface area contributed by atoms with E-state index in [0.717, 1.165) is 25.2 Å². The van der Waals surface area contributed by atoms with Crippen LogP contribution >= 0.6 is 0 Å². The summed E-state index contributed by atoms with van der Waals surface area (Å²) in [5, 5.41) is 0. The molecule has 2 saturated heterocycles. The molecule has 0 radical (unpaired) electrons. The highest BCUT2D eigenvalue weighted by Gasteiger charge is 2.38. The molecule has 124 valence electrons. The van der Waals surface area contributed by atoms with Gasteiger partial charge in [-0.05, 0) is 12.3 Å². The molecule has 2 aliphatic rings. The van der Waals surface area contributed by atoms with Crippen LogP contribution in [0.15, 0.2) is 18.6 Å². The second kappa shape index (κ2) is 6.64. The van der Waals surface area contributed by atoms with Gasteiger partial charge in [0.25, 0.3) is 0 Å². The number of nitrogens with zero attached hydrogens (tertiary/aromatic N) is 4. The molecule has 2 fully saturated rings. The number of rotatable bonds is 4. The highest BCUT2D eigenvalue weighted by atomic mass is 16.2. The maximum absolute atomic E-state index is 12.7. The highest BCUT2D eigenvalue weighted by Crippen LogP contribution is 2.28. The molecule has 2 aliphatic heterocycles. The lowest BCUT2D eigenvalue weighted by Crippen LogP contribution is -2.36. The van der Waals surface area contributed by atoms with Crippen LogP contribution in [0.3, 0.4) is 0 Å². The summed E-state index contributed by atoms with van der Waals surface area (Å²) in [5.74, 6) is 0.747. The van der Waals surface area contributed by atoms with Crippen LogP contribution in [0.5, 0.6) is 0 Å². The van der Waals surface area contributed by atoms with Gasteiger partial charge in [0.15, 0.2) is 0 Å². The number of hydrogen-bond acceptors (Lipinski definition) is 4. The minimum Gasteiger partial charge on any atom is -0.342 e. The summed E-state index contributed by atoms with van der Waals surface area (Å²) in [6, 6.07) is 0. The Kier molecular flexibility index (Phi) is 4.59. The van der Waals surface area contributed by atoms with Crippen LogP contribution in [-0.2, 0) is 9.59 Å². The van der Waals surface area contributed by atoms with Gasteiger partial charge in [-0.25, -0.2) is 0 Å². The Morgan fingerprint density at radius 1 is 1.35 bits per heavy atom. The second-order valence-corrected chi connectivity index (χ2v) is 6.99. The molecule has 2 unspecified atom stereocenters. The lowest BCUT2D eigenvalue weighted by Gasteiger charge is -2.22. The fraction of sp³-hybridized carbons (Fsp3) is 0.647. The van der Waals surface area contributed by atoms with E-state index >= 15 is 0 Å². The average Bonchev–Trinajstić information content (AvgIpc) is 3.15. The molecule has 1 aromatic rings. The Balaban J connectivity index is 1.58. The number of aromatic nitrogens is 2. The second-order valence-electron chi connectivity index (χ2n) is 6.99. The zero-order chi connectivity index (χ0) is 16.4. The third kappa shape index (κ3) is 3.51. The minimum absolute atomic E-state index is 0.113. The first kappa shape index (κ1) is 15.9. The van der Waals surface area contributed by atoms with Crippen LogP contribution in [0.1, 0.15) is 38.3 Å². The molecule has 0 spiro atoms. The highest BCUT2D eigenvalue weighted by molar-refractivity contribution is 5.89. The van der Waals surface area contributed by atoms with E-state index < -0.39 is 0 Å². The first-order chi connectivity index (χ1) is 11.0. The fourth-order valence-electron chi connectivity index (χ4n) is 3.54. The van der Waals surface area contributed by atoms with Gasteiger partial charge in [-0.2, -0.15) is 0 Å². The van der Waals surface area contributed by atoms with Gasteiger partial charge in [0.05, 0.1) is 11.6 Å². The average molecular weight is 316 g/mol. The monoisotopic (exact) mass is 316 g/mol. The molecule has 6 heteroatoms. The Morgan fingerprint density at radius 2 is 2.17 bits per heavy atom. The van der Waals surface area contributed by atoms with E-state index in [1.807, 2.05) is 9.80 Å². The van der Waals surface area contributed by atoms with Crippen molar-refractivity contribution in [3.63, 3.8) is 0 Å². The molecule has 6 nitrogen and oxygen atoms in total. The molecule has 3 heterocycles. The summed E-state index contributed by atoms with van der Waals surface area (Å²) in [4.78, 5) is 37.0. The quantitative estimate of drug-likeness (QED) is 0.840. The summed E-state index contributed by atoms with van der Waals surface area (Å²) in [5.41, 5.74) is 0.951. The minimum atomic E-state index is -0.179. The normalized spacial score (nSPS) is 24.7. The smallest absolute Gasteiger partial charge is 0.228 e. The van der Waals surface area contributed by atoms with E-state index in [2.05, 4.69) is 23.8 Å². The molecule has 0 aliphatic carbocycles. The Morgan fingerprint density at radius 3 is 2.87 bits per heavy atom. The van der Waals surface area contributed by atoms with Gasteiger partial charge in [-0.1, -0.05) is 13.8 Å². The van der Waals surface area contributed by atoms with E-state index in [1.165, 1.54) is 0 Å². The number of likely N-dealkylation sites (tertiary alicyclic amines) is 2. The summed E-state index contributed by atoms with van der Waals surface area (Å²) >= 11 is 0. The fourth-order valence-corrected chi connectivity index (χ4v) is 3.54. The first-order valence-corrected chi connectivity index (χ1v) is 8.37. The van der Waals surface area contributed by atoms with Crippen LogP contribution in [0, 0.1) is 11.8 Å². The van der Waals surface area contributed by atoms with Gasteiger partial charge in [-0.15, -0.1) is 0 Å². The van der Waals surface area contributed by atoms with Crippen LogP contribution in [-0.4, -0.2) is 57.8 Å². The molecule has 0 N–H and O–H groups in total. The Hall–Kier alpha value is -1.98. The van der Waals surface area contributed by atoms with Crippen molar-refractivity contribution in [2.24, 2.45) is 11.8 Å². The van der Waals surface area contributed by atoms with E-state index in [-0.39, 0.29) is 23.7 Å². The van der Waals surface area contributed by atoms with Crippen LogP contribution in [0.2, 0.25) is 0 Å². The van der Waals surface area contributed by atoms with Gasteiger partial charge in [-0.3, -0.25) is 19.6 Å². The van der Waals surface area contributed by atoms with E-state index in [9.17, 15) is 9.59 Å². The molecular weight excluding hydrogens is 292 g/mol. The Bertz CT molecular complexity index is 575.